The smallest absolute Gasteiger partial charge is 0.321 e. The van der Waals surface area contributed by atoms with Gasteiger partial charge in [-0.15, -0.1) is 0 Å². The highest BCUT2D eigenvalue weighted by Crippen LogP contribution is 2.31. The zero-order chi connectivity index (χ0) is 28.1. The molecule has 2 aromatic carbocycles. The molecule has 3 heterocycles. The zero-order valence-electron chi connectivity index (χ0n) is 21.9. The Balaban J connectivity index is 1.27. The van der Waals surface area contributed by atoms with Gasteiger partial charge in [0.1, 0.15) is 12.2 Å². The Kier molecular flexibility index (Phi) is 8.10. The second kappa shape index (κ2) is 12.0. The molecular weight excluding hydrogens is 512 g/mol. The number of morpholine rings is 1. The topological polar surface area (TPSA) is 145 Å². The molecule has 2 aliphatic rings. The van der Waals surface area contributed by atoms with Crippen LogP contribution in [-0.4, -0.2) is 81.1 Å². The average molecular weight is 543 g/mol. The highest BCUT2D eigenvalue weighted by Gasteiger charge is 2.39. The van der Waals surface area contributed by atoms with Gasteiger partial charge in [0.25, 0.3) is 5.56 Å². The SMILES string of the molecule is NC(=O)CN1C(=O)N(Cc2nc[nH]c(=O)c2O)CC1c1ccc(C#Cc2ccc(CN3CCOCC3)cc2)cc1. The maximum atomic E-state index is 13.1. The van der Waals surface area contributed by atoms with E-state index in [1.165, 1.54) is 15.4 Å². The number of benzene rings is 2. The molecule has 0 aliphatic carbocycles. The minimum absolute atomic E-state index is 0.0662. The van der Waals surface area contributed by atoms with Gasteiger partial charge in [-0.25, -0.2) is 9.78 Å². The van der Waals surface area contributed by atoms with E-state index in [-0.39, 0.29) is 25.3 Å². The van der Waals surface area contributed by atoms with Crippen LogP contribution in [0.3, 0.4) is 0 Å². The molecule has 1 aromatic heterocycles. The van der Waals surface area contributed by atoms with Crippen molar-refractivity contribution in [1.82, 2.24) is 24.7 Å². The number of nitrogens with two attached hydrogens (primary N) is 1. The van der Waals surface area contributed by atoms with Crippen LogP contribution in [0, 0.1) is 11.8 Å². The molecule has 0 bridgehead atoms. The zero-order valence-corrected chi connectivity index (χ0v) is 21.9. The number of aromatic amines is 1. The Morgan fingerprint density at radius 3 is 2.33 bits per heavy atom. The number of rotatable bonds is 7. The van der Waals surface area contributed by atoms with Crippen molar-refractivity contribution in [2.24, 2.45) is 5.73 Å². The third kappa shape index (κ3) is 6.31. The van der Waals surface area contributed by atoms with Crippen LogP contribution in [-0.2, 0) is 22.6 Å². The molecule has 2 aliphatic heterocycles. The standard InChI is InChI=1S/C29H30N6O5/c30-26(36)18-35-25(17-34(29(35)39)16-24-27(37)28(38)32-19-31-24)23-9-7-21(8-10-23)2-1-20-3-5-22(6-4-20)15-33-11-13-40-14-12-33/h3-10,19,25,37H,11-18H2,(H2,30,36)(H,31,32,38). The van der Waals surface area contributed by atoms with E-state index in [2.05, 4.69) is 38.8 Å². The number of carbonyl (C=O) groups excluding carboxylic acids is 2. The number of hydrogen-bond acceptors (Lipinski definition) is 7. The van der Waals surface area contributed by atoms with Crippen LogP contribution in [0.15, 0.2) is 59.7 Å². The number of urea groups is 1. The van der Waals surface area contributed by atoms with Gasteiger partial charge in [-0.1, -0.05) is 36.1 Å². The van der Waals surface area contributed by atoms with E-state index >= 15 is 0 Å². The number of aromatic nitrogens is 2. The van der Waals surface area contributed by atoms with Crippen molar-refractivity contribution in [2.45, 2.75) is 19.1 Å². The summed E-state index contributed by atoms with van der Waals surface area (Å²) < 4.78 is 5.41. The summed E-state index contributed by atoms with van der Waals surface area (Å²) in [5.74, 6) is 5.18. The van der Waals surface area contributed by atoms with Gasteiger partial charge in [-0.05, 0) is 35.4 Å². The molecule has 1 atom stereocenters. The van der Waals surface area contributed by atoms with Crippen LogP contribution in [0.4, 0.5) is 4.79 Å². The Bertz CT molecular complexity index is 1490. The van der Waals surface area contributed by atoms with Crippen molar-refractivity contribution in [3.8, 4) is 17.6 Å². The summed E-state index contributed by atoms with van der Waals surface area (Å²) in [6, 6.07) is 14.8. The fourth-order valence-corrected chi connectivity index (χ4v) is 4.83. The van der Waals surface area contributed by atoms with Crippen LogP contribution >= 0.6 is 0 Å². The summed E-state index contributed by atoms with van der Waals surface area (Å²) in [6.07, 6.45) is 1.16. The van der Waals surface area contributed by atoms with Crippen LogP contribution in [0.25, 0.3) is 0 Å². The van der Waals surface area contributed by atoms with E-state index in [1.807, 2.05) is 36.4 Å². The summed E-state index contributed by atoms with van der Waals surface area (Å²) in [5.41, 5.74) is 8.55. The molecular formula is C29H30N6O5. The summed E-state index contributed by atoms with van der Waals surface area (Å²) in [5, 5.41) is 10.0. The van der Waals surface area contributed by atoms with Crippen molar-refractivity contribution in [3.63, 3.8) is 0 Å². The van der Waals surface area contributed by atoms with Gasteiger partial charge in [0, 0.05) is 37.3 Å². The molecule has 2 fully saturated rings. The second-order valence-corrected chi connectivity index (χ2v) is 9.76. The molecule has 4 N–H and O–H groups in total. The molecule has 0 radical (unpaired) electrons. The number of primary amides is 1. The van der Waals surface area contributed by atoms with Crippen LogP contribution in [0.5, 0.6) is 5.75 Å². The van der Waals surface area contributed by atoms with E-state index in [0.29, 0.717) is 0 Å². The summed E-state index contributed by atoms with van der Waals surface area (Å²) in [7, 11) is 0. The van der Waals surface area contributed by atoms with Gasteiger partial charge in [0.2, 0.25) is 11.7 Å². The number of hydrogen-bond donors (Lipinski definition) is 3. The first kappa shape index (κ1) is 26.9. The molecule has 11 nitrogen and oxygen atoms in total. The molecule has 11 heteroatoms. The van der Waals surface area contributed by atoms with Gasteiger partial charge in [-0.2, -0.15) is 0 Å². The van der Waals surface area contributed by atoms with E-state index in [1.54, 1.807) is 0 Å². The van der Waals surface area contributed by atoms with Gasteiger partial charge in [-0.3, -0.25) is 14.5 Å². The van der Waals surface area contributed by atoms with Crippen LogP contribution in [0.1, 0.15) is 34.0 Å². The van der Waals surface area contributed by atoms with Gasteiger partial charge < -0.3 is 30.4 Å². The largest absolute Gasteiger partial charge is 0.502 e. The number of carbonyl (C=O) groups is 2. The van der Waals surface area contributed by atoms with Crippen molar-refractivity contribution < 1.29 is 19.4 Å². The average Bonchev–Trinajstić information content (AvgIpc) is 3.25. The lowest BCUT2D eigenvalue weighted by atomic mass is 10.0. The molecule has 5 rings (SSSR count). The van der Waals surface area contributed by atoms with Crippen LogP contribution in [0.2, 0.25) is 0 Å². The van der Waals surface area contributed by atoms with Crippen LogP contribution < -0.4 is 11.3 Å². The maximum Gasteiger partial charge on any atom is 0.321 e. The summed E-state index contributed by atoms with van der Waals surface area (Å²) >= 11 is 0. The number of nitrogens with zero attached hydrogens (tertiary/aromatic N) is 4. The quantitative estimate of drug-likeness (QED) is 0.380. The Morgan fingerprint density at radius 1 is 1.02 bits per heavy atom. The number of H-pyrrole nitrogens is 1. The summed E-state index contributed by atoms with van der Waals surface area (Å²) in [4.78, 5) is 48.0. The first-order valence-corrected chi connectivity index (χ1v) is 13.0. The van der Waals surface area contributed by atoms with E-state index < -0.39 is 29.3 Å². The molecule has 2 saturated heterocycles. The highest BCUT2D eigenvalue weighted by atomic mass is 16.5. The van der Waals surface area contributed by atoms with Crippen molar-refractivity contribution in [3.05, 3.63) is 93.2 Å². The molecule has 0 spiro atoms. The lowest BCUT2D eigenvalue weighted by Gasteiger charge is -2.26. The summed E-state index contributed by atoms with van der Waals surface area (Å²) in [6.45, 7) is 4.21. The molecule has 3 amide bonds. The number of amides is 3. The third-order valence-corrected chi connectivity index (χ3v) is 6.97. The molecule has 1 unspecified atom stereocenters. The second-order valence-electron chi connectivity index (χ2n) is 9.76. The number of nitrogens with one attached hydrogen (secondary N) is 1. The van der Waals surface area contributed by atoms with Crippen molar-refractivity contribution >= 4 is 11.9 Å². The van der Waals surface area contributed by atoms with Gasteiger partial charge in [0.05, 0.1) is 32.1 Å². The molecule has 0 saturated carbocycles. The minimum atomic E-state index is -0.692. The maximum absolute atomic E-state index is 13.1. The van der Waals surface area contributed by atoms with Crippen molar-refractivity contribution in [2.75, 3.05) is 39.4 Å². The molecule has 40 heavy (non-hydrogen) atoms. The number of aromatic hydroxyl groups is 1. The predicted octanol–water partition coefficient (Wildman–Crippen LogP) is 1.17. The minimum Gasteiger partial charge on any atom is -0.502 e. The van der Waals surface area contributed by atoms with E-state index in [9.17, 15) is 19.5 Å². The van der Waals surface area contributed by atoms with Gasteiger partial charge in [0.15, 0.2) is 0 Å². The Labute approximate surface area is 231 Å². The molecule has 206 valence electrons. The number of ether oxygens (including phenoxy) is 1. The van der Waals surface area contributed by atoms with E-state index in [4.69, 9.17) is 10.5 Å². The fraction of sp³-hybridized carbons (Fsp3) is 0.310. The Morgan fingerprint density at radius 2 is 1.68 bits per heavy atom. The fourth-order valence-electron chi connectivity index (χ4n) is 4.83. The predicted molar refractivity (Wildman–Crippen MR) is 146 cm³/mol. The normalized spacial score (nSPS) is 17.5. The lowest BCUT2D eigenvalue weighted by Crippen LogP contribution is -2.38. The highest BCUT2D eigenvalue weighted by molar-refractivity contribution is 5.84. The van der Waals surface area contributed by atoms with E-state index in [0.717, 1.165) is 55.9 Å². The van der Waals surface area contributed by atoms with Crippen molar-refractivity contribution in [1.29, 1.82) is 0 Å². The third-order valence-electron chi connectivity index (χ3n) is 6.97. The van der Waals surface area contributed by atoms with Gasteiger partial charge >= 0.3 is 6.03 Å². The lowest BCUT2D eigenvalue weighted by molar-refractivity contribution is -0.118. The first-order valence-electron chi connectivity index (χ1n) is 13.0. The molecule has 3 aromatic rings. The monoisotopic (exact) mass is 542 g/mol. The first-order chi connectivity index (χ1) is 19.4. The Hall–Kier alpha value is -4.66.